The highest BCUT2D eigenvalue weighted by Gasteiger charge is 2.22. The highest BCUT2D eigenvalue weighted by atomic mass is 35.5. The predicted molar refractivity (Wildman–Crippen MR) is 139 cm³/mol. The van der Waals surface area contributed by atoms with Gasteiger partial charge >= 0.3 is 0 Å². The molecule has 0 atom stereocenters. The van der Waals surface area contributed by atoms with Crippen LogP contribution in [-0.4, -0.2) is 38.3 Å². The Morgan fingerprint density at radius 1 is 0.788 bits per heavy atom. The first-order valence-electron chi connectivity index (χ1n) is 11.7. The SMILES string of the molecule is COc1ccc2c(c1)CCC(c1ccccc1)=C2c1ccc(OCCN2CCCC2)cc1.Cl. The normalized spacial score (nSPS) is 15.7. The van der Waals surface area contributed by atoms with E-state index in [-0.39, 0.29) is 12.4 Å². The molecule has 1 heterocycles. The van der Waals surface area contributed by atoms with Gasteiger partial charge in [0.05, 0.1) is 7.11 Å². The van der Waals surface area contributed by atoms with Crippen LogP contribution in [0.5, 0.6) is 11.5 Å². The number of hydrogen-bond donors (Lipinski definition) is 0. The van der Waals surface area contributed by atoms with Crippen molar-refractivity contribution in [1.82, 2.24) is 4.90 Å². The third-order valence-electron chi connectivity index (χ3n) is 6.67. The van der Waals surface area contributed by atoms with E-state index in [0.29, 0.717) is 0 Å². The Labute approximate surface area is 203 Å². The number of methoxy groups -OCH3 is 1. The van der Waals surface area contributed by atoms with E-state index in [1.54, 1.807) is 7.11 Å². The first kappa shape index (κ1) is 23.4. The molecule has 0 amide bonds. The van der Waals surface area contributed by atoms with E-state index in [9.17, 15) is 0 Å². The number of aryl methyl sites for hydroxylation is 1. The smallest absolute Gasteiger partial charge is 0.119 e. The molecule has 2 aliphatic rings. The molecule has 0 bridgehead atoms. The Bertz CT molecular complexity index is 1090. The third-order valence-corrected chi connectivity index (χ3v) is 6.67. The van der Waals surface area contributed by atoms with Gasteiger partial charge in [-0.25, -0.2) is 0 Å². The van der Waals surface area contributed by atoms with E-state index in [1.165, 1.54) is 59.3 Å². The number of halogens is 1. The lowest BCUT2D eigenvalue weighted by atomic mass is 9.79. The minimum Gasteiger partial charge on any atom is -0.497 e. The molecule has 0 unspecified atom stereocenters. The molecule has 172 valence electrons. The van der Waals surface area contributed by atoms with Crippen LogP contribution >= 0.6 is 12.4 Å². The van der Waals surface area contributed by atoms with Gasteiger partial charge in [0.1, 0.15) is 18.1 Å². The van der Waals surface area contributed by atoms with E-state index >= 15 is 0 Å². The fourth-order valence-electron chi connectivity index (χ4n) is 4.97. The molecule has 5 rings (SSSR count). The zero-order chi connectivity index (χ0) is 21.8. The van der Waals surface area contributed by atoms with Crippen LogP contribution in [0.4, 0.5) is 0 Å². The van der Waals surface area contributed by atoms with Crippen LogP contribution in [0.3, 0.4) is 0 Å². The Hall–Kier alpha value is -2.75. The predicted octanol–water partition coefficient (Wildman–Crippen LogP) is 6.50. The Balaban J connectivity index is 0.00000259. The topological polar surface area (TPSA) is 21.7 Å². The zero-order valence-corrected chi connectivity index (χ0v) is 20.1. The summed E-state index contributed by atoms with van der Waals surface area (Å²) < 4.78 is 11.5. The summed E-state index contributed by atoms with van der Waals surface area (Å²) >= 11 is 0. The first-order valence-corrected chi connectivity index (χ1v) is 11.7. The molecule has 1 saturated heterocycles. The number of allylic oxidation sites excluding steroid dienone is 1. The second-order valence-electron chi connectivity index (χ2n) is 8.66. The van der Waals surface area contributed by atoms with E-state index in [4.69, 9.17) is 9.47 Å². The summed E-state index contributed by atoms with van der Waals surface area (Å²) in [4.78, 5) is 2.48. The van der Waals surface area contributed by atoms with Crippen LogP contribution < -0.4 is 9.47 Å². The number of rotatable bonds is 7. The summed E-state index contributed by atoms with van der Waals surface area (Å²) in [5.74, 6) is 1.87. The molecular formula is C29H32ClNO2. The number of likely N-dealkylation sites (tertiary alicyclic amines) is 1. The molecule has 33 heavy (non-hydrogen) atoms. The summed E-state index contributed by atoms with van der Waals surface area (Å²) in [6.45, 7) is 4.19. The molecule has 0 N–H and O–H groups in total. The summed E-state index contributed by atoms with van der Waals surface area (Å²) in [5, 5.41) is 0. The minimum absolute atomic E-state index is 0. The monoisotopic (exact) mass is 461 g/mol. The molecule has 0 aromatic heterocycles. The Morgan fingerprint density at radius 3 is 2.24 bits per heavy atom. The number of benzene rings is 3. The summed E-state index contributed by atoms with van der Waals surface area (Å²) in [7, 11) is 1.74. The summed E-state index contributed by atoms with van der Waals surface area (Å²) in [6, 6.07) is 25.9. The van der Waals surface area contributed by atoms with Crippen molar-refractivity contribution in [3.05, 3.63) is 95.1 Å². The van der Waals surface area contributed by atoms with Gasteiger partial charge in [-0.2, -0.15) is 0 Å². The van der Waals surface area contributed by atoms with Crippen molar-refractivity contribution >= 4 is 23.6 Å². The molecule has 4 heteroatoms. The first-order chi connectivity index (χ1) is 15.8. The van der Waals surface area contributed by atoms with Crippen LogP contribution in [0.1, 0.15) is 41.5 Å². The van der Waals surface area contributed by atoms with Crippen molar-refractivity contribution in [1.29, 1.82) is 0 Å². The molecular weight excluding hydrogens is 430 g/mol. The lowest BCUT2D eigenvalue weighted by Gasteiger charge is -2.25. The highest BCUT2D eigenvalue weighted by Crippen LogP contribution is 2.42. The largest absolute Gasteiger partial charge is 0.497 e. The van der Waals surface area contributed by atoms with E-state index in [1.807, 2.05) is 0 Å². The van der Waals surface area contributed by atoms with Gasteiger partial charge in [0, 0.05) is 6.54 Å². The van der Waals surface area contributed by atoms with Crippen molar-refractivity contribution in [2.45, 2.75) is 25.7 Å². The van der Waals surface area contributed by atoms with Crippen LogP contribution in [0.2, 0.25) is 0 Å². The number of hydrogen-bond acceptors (Lipinski definition) is 3. The maximum Gasteiger partial charge on any atom is 0.119 e. The van der Waals surface area contributed by atoms with Gasteiger partial charge in [-0.15, -0.1) is 12.4 Å². The van der Waals surface area contributed by atoms with Gasteiger partial charge in [0.2, 0.25) is 0 Å². The maximum atomic E-state index is 6.05. The fourth-order valence-corrected chi connectivity index (χ4v) is 4.97. The number of nitrogens with zero attached hydrogens (tertiary/aromatic N) is 1. The van der Waals surface area contributed by atoms with Crippen LogP contribution in [0.15, 0.2) is 72.8 Å². The van der Waals surface area contributed by atoms with Crippen molar-refractivity contribution in [2.75, 3.05) is 33.4 Å². The number of fused-ring (bicyclic) bond motifs is 1. The summed E-state index contributed by atoms with van der Waals surface area (Å²) in [5.41, 5.74) is 7.93. The van der Waals surface area contributed by atoms with E-state index < -0.39 is 0 Å². The van der Waals surface area contributed by atoms with Gasteiger partial charge in [-0.05, 0) is 96.4 Å². The minimum atomic E-state index is 0. The van der Waals surface area contributed by atoms with Crippen LogP contribution in [0, 0.1) is 0 Å². The molecule has 3 aromatic carbocycles. The second kappa shape index (κ2) is 10.9. The fraction of sp³-hybridized carbons (Fsp3) is 0.310. The molecule has 1 aliphatic carbocycles. The Morgan fingerprint density at radius 2 is 1.52 bits per heavy atom. The van der Waals surface area contributed by atoms with Crippen molar-refractivity contribution in [2.24, 2.45) is 0 Å². The quantitative estimate of drug-likeness (QED) is 0.401. The van der Waals surface area contributed by atoms with Gasteiger partial charge in [-0.3, -0.25) is 4.90 Å². The van der Waals surface area contributed by atoms with Gasteiger partial charge in [-0.1, -0.05) is 48.5 Å². The van der Waals surface area contributed by atoms with Crippen LogP contribution in [0.25, 0.3) is 11.1 Å². The average Bonchev–Trinajstić information content (AvgIpc) is 3.37. The highest BCUT2D eigenvalue weighted by molar-refractivity contribution is 6.00. The lowest BCUT2D eigenvalue weighted by molar-refractivity contribution is 0.238. The van der Waals surface area contributed by atoms with Gasteiger partial charge < -0.3 is 9.47 Å². The maximum absolute atomic E-state index is 6.05. The zero-order valence-electron chi connectivity index (χ0n) is 19.3. The van der Waals surface area contributed by atoms with E-state index in [2.05, 4.69) is 77.7 Å². The van der Waals surface area contributed by atoms with Crippen molar-refractivity contribution < 1.29 is 9.47 Å². The van der Waals surface area contributed by atoms with Crippen LogP contribution in [-0.2, 0) is 6.42 Å². The molecule has 1 fully saturated rings. The standard InChI is InChI=1S/C29H31NO2.ClH/c1-31-26-14-16-28-24(21-26)11-15-27(22-7-3-2-4-8-22)29(28)23-9-12-25(13-10-23)32-20-19-30-17-5-6-18-30;/h2-4,7-10,12-14,16,21H,5-6,11,15,17-20H2,1H3;1H. The molecule has 0 saturated carbocycles. The van der Waals surface area contributed by atoms with E-state index in [0.717, 1.165) is 37.5 Å². The number of ether oxygens (including phenoxy) is 2. The molecule has 0 spiro atoms. The summed E-state index contributed by atoms with van der Waals surface area (Å²) in [6.07, 6.45) is 4.69. The van der Waals surface area contributed by atoms with Gasteiger partial charge in [0.25, 0.3) is 0 Å². The average molecular weight is 462 g/mol. The lowest BCUT2D eigenvalue weighted by Crippen LogP contribution is -2.25. The Kier molecular flexibility index (Phi) is 7.74. The molecule has 0 radical (unpaired) electrons. The second-order valence-corrected chi connectivity index (χ2v) is 8.66. The van der Waals surface area contributed by atoms with Crippen molar-refractivity contribution in [3.8, 4) is 11.5 Å². The van der Waals surface area contributed by atoms with Crippen molar-refractivity contribution in [3.63, 3.8) is 0 Å². The molecule has 3 aromatic rings. The molecule has 1 aliphatic heterocycles. The molecule has 3 nitrogen and oxygen atoms in total. The third kappa shape index (κ3) is 5.26. The van der Waals surface area contributed by atoms with Gasteiger partial charge in [0.15, 0.2) is 0 Å².